The minimum atomic E-state index is 0.00863. The van der Waals surface area contributed by atoms with Crippen molar-refractivity contribution in [1.29, 1.82) is 0 Å². The van der Waals surface area contributed by atoms with E-state index in [1.54, 1.807) is 6.07 Å². The summed E-state index contributed by atoms with van der Waals surface area (Å²) in [6.07, 6.45) is 1.72. The molecule has 1 aromatic heterocycles. The number of hydrogen-bond acceptors (Lipinski definition) is 2. The number of fused-ring (bicyclic) bond motifs is 1. The molecular weight excluding hydrogens is 260 g/mol. The van der Waals surface area contributed by atoms with E-state index in [0.29, 0.717) is 5.69 Å². The molecular formula is C15H15ClN2O. The fourth-order valence-electron chi connectivity index (χ4n) is 2.40. The summed E-state index contributed by atoms with van der Waals surface area (Å²) in [7, 11) is 0. The highest BCUT2D eigenvalue weighted by Gasteiger charge is 2.23. The van der Waals surface area contributed by atoms with Crippen LogP contribution in [0.5, 0.6) is 0 Å². The molecule has 1 aliphatic rings. The number of piperidine rings is 1. The van der Waals surface area contributed by atoms with Crippen molar-refractivity contribution in [2.75, 3.05) is 13.1 Å². The van der Waals surface area contributed by atoms with Gasteiger partial charge in [-0.3, -0.25) is 4.79 Å². The lowest BCUT2D eigenvalue weighted by Gasteiger charge is -2.29. The number of benzene rings is 1. The topological polar surface area (TPSA) is 33.2 Å². The van der Waals surface area contributed by atoms with E-state index in [1.165, 1.54) is 0 Å². The molecule has 2 heterocycles. The number of nitrogens with zero attached hydrogens (tertiary/aromatic N) is 2. The molecule has 1 aromatic carbocycles. The molecule has 0 aliphatic carbocycles. The molecule has 2 aromatic rings. The van der Waals surface area contributed by atoms with Crippen LogP contribution < -0.4 is 0 Å². The van der Waals surface area contributed by atoms with Crippen molar-refractivity contribution in [3.63, 3.8) is 0 Å². The van der Waals surface area contributed by atoms with E-state index in [4.69, 9.17) is 11.6 Å². The van der Waals surface area contributed by atoms with Crippen LogP contribution in [-0.4, -0.2) is 34.3 Å². The first kappa shape index (κ1) is 12.4. The summed E-state index contributed by atoms with van der Waals surface area (Å²) in [5, 5.41) is 1.26. The Kier molecular flexibility index (Phi) is 3.38. The van der Waals surface area contributed by atoms with E-state index in [1.807, 2.05) is 35.2 Å². The first-order valence-electron chi connectivity index (χ1n) is 6.53. The summed E-state index contributed by atoms with van der Waals surface area (Å²) in [4.78, 5) is 18.7. The number of halogens is 1. The fourth-order valence-corrected chi connectivity index (χ4v) is 2.59. The summed E-state index contributed by atoms with van der Waals surface area (Å²) >= 11 is 6.06. The number of likely N-dealkylation sites (tertiary alicyclic amines) is 1. The third-order valence-electron chi connectivity index (χ3n) is 3.53. The first-order chi connectivity index (χ1) is 9.24. The van der Waals surface area contributed by atoms with Crippen LogP contribution in [0.15, 0.2) is 36.4 Å². The molecule has 0 N–H and O–H groups in total. The Labute approximate surface area is 117 Å². The van der Waals surface area contributed by atoms with Gasteiger partial charge in [0.15, 0.2) is 0 Å². The van der Waals surface area contributed by atoms with Gasteiger partial charge in [-0.25, -0.2) is 4.98 Å². The zero-order chi connectivity index (χ0) is 13.2. The number of carbonyl (C=O) groups excluding carboxylic acids is 1. The number of hydrogen-bond donors (Lipinski definition) is 0. The average Bonchev–Trinajstić information content (AvgIpc) is 2.47. The minimum absolute atomic E-state index is 0.00863. The summed E-state index contributed by atoms with van der Waals surface area (Å²) in [5.41, 5.74) is 1.38. The van der Waals surface area contributed by atoms with E-state index >= 15 is 0 Å². The Bertz CT molecular complexity index is 606. The van der Waals surface area contributed by atoms with Crippen LogP contribution in [0.1, 0.15) is 23.3 Å². The highest BCUT2D eigenvalue weighted by molar-refractivity contribution is 6.20. The maximum atomic E-state index is 12.4. The van der Waals surface area contributed by atoms with Gasteiger partial charge in [0.05, 0.1) is 5.52 Å². The van der Waals surface area contributed by atoms with Crippen molar-refractivity contribution in [2.24, 2.45) is 0 Å². The Morgan fingerprint density at radius 3 is 2.68 bits per heavy atom. The number of amides is 1. The van der Waals surface area contributed by atoms with Gasteiger partial charge in [0, 0.05) is 23.9 Å². The van der Waals surface area contributed by atoms with Crippen molar-refractivity contribution >= 4 is 28.4 Å². The van der Waals surface area contributed by atoms with Gasteiger partial charge in [0.2, 0.25) is 0 Å². The maximum absolute atomic E-state index is 12.4. The Morgan fingerprint density at radius 2 is 1.89 bits per heavy atom. The van der Waals surface area contributed by atoms with E-state index < -0.39 is 0 Å². The molecule has 0 unspecified atom stereocenters. The first-order valence-corrected chi connectivity index (χ1v) is 6.97. The van der Waals surface area contributed by atoms with Gasteiger partial charge in [-0.2, -0.15) is 0 Å². The van der Waals surface area contributed by atoms with Gasteiger partial charge in [0.1, 0.15) is 5.69 Å². The smallest absolute Gasteiger partial charge is 0.272 e. The largest absolute Gasteiger partial charge is 0.337 e. The predicted octanol–water partition coefficient (Wildman–Crippen LogP) is 3.08. The molecule has 4 heteroatoms. The van der Waals surface area contributed by atoms with E-state index in [0.717, 1.165) is 36.8 Å². The van der Waals surface area contributed by atoms with Crippen LogP contribution in [0.2, 0.25) is 0 Å². The lowest BCUT2D eigenvalue weighted by atomic mass is 10.1. The second-order valence-electron chi connectivity index (χ2n) is 4.86. The zero-order valence-corrected chi connectivity index (χ0v) is 11.3. The number of aromatic nitrogens is 1. The average molecular weight is 275 g/mol. The molecule has 0 atom stereocenters. The number of rotatable bonds is 1. The van der Waals surface area contributed by atoms with Crippen LogP contribution in [-0.2, 0) is 0 Å². The van der Waals surface area contributed by atoms with Crippen LogP contribution in [0.25, 0.3) is 10.9 Å². The van der Waals surface area contributed by atoms with Crippen LogP contribution in [0, 0.1) is 0 Å². The van der Waals surface area contributed by atoms with Gasteiger partial charge in [-0.05, 0) is 25.0 Å². The third kappa shape index (κ3) is 2.56. The van der Waals surface area contributed by atoms with Crippen molar-refractivity contribution in [1.82, 2.24) is 9.88 Å². The number of carbonyl (C=O) groups is 1. The van der Waals surface area contributed by atoms with E-state index in [9.17, 15) is 4.79 Å². The molecule has 3 rings (SSSR count). The normalized spacial score (nSPS) is 16.8. The molecule has 98 valence electrons. The van der Waals surface area contributed by atoms with Crippen LogP contribution in [0.3, 0.4) is 0 Å². The molecule has 1 fully saturated rings. The predicted molar refractivity (Wildman–Crippen MR) is 76.5 cm³/mol. The highest BCUT2D eigenvalue weighted by atomic mass is 35.5. The van der Waals surface area contributed by atoms with Gasteiger partial charge in [-0.15, -0.1) is 11.6 Å². The zero-order valence-electron chi connectivity index (χ0n) is 10.6. The molecule has 19 heavy (non-hydrogen) atoms. The fraction of sp³-hybridized carbons (Fsp3) is 0.333. The van der Waals surface area contributed by atoms with Crippen molar-refractivity contribution in [3.8, 4) is 0 Å². The second kappa shape index (κ2) is 5.17. The van der Waals surface area contributed by atoms with Crippen molar-refractivity contribution in [3.05, 3.63) is 42.1 Å². The van der Waals surface area contributed by atoms with Crippen LogP contribution in [0.4, 0.5) is 0 Å². The van der Waals surface area contributed by atoms with E-state index in [2.05, 4.69) is 4.98 Å². The molecule has 3 nitrogen and oxygen atoms in total. The quantitative estimate of drug-likeness (QED) is 0.749. The summed E-state index contributed by atoms with van der Waals surface area (Å²) in [6.45, 7) is 1.45. The van der Waals surface area contributed by atoms with Gasteiger partial charge >= 0.3 is 0 Å². The third-order valence-corrected chi connectivity index (χ3v) is 3.97. The van der Waals surface area contributed by atoms with Gasteiger partial charge < -0.3 is 4.90 Å². The Balaban J connectivity index is 1.85. The number of para-hydroxylation sites is 1. The molecule has 0 spiro atoms. The van der Waals surface area contributed by atoms with E-state index in [-0.39, 0.29) is 11.3 Å². The Morgan fingerprint density at radius 1 is 1.16 bits per heavy atom. The monoisotopic (exact) mass is 274 g/mol. The molecule has 1 aliphatic heterocycles. The summed E-state index contributed by atoms with van der Waals surface area (Å²) < 4.78 is 0. The lowest BCUT2D eigenvalue weighted by molar-refractivity contribution is 0.0721. The van der Waals surface area contributed by atoms with Gasteiger partial charge in [0.25, 0.3) is 5.91 Å². The SMILES string of the molecule is O=C(c1ccc2ccccc2n1)N1CCC(Cl)CC1. The molecule has 0 radical (unpaired) electrons. The highest BCUT2D eigenvalue weighted by Crippen LogP contribution is 2.18. The second-order valence-corrected chi connectivity index (χ2v) is 5.47. The minimum Gasteiger partial charge on any atom is -0.337 e. The summed E-state index contributed by atoms with van der Waals surface area (Å²) in [5.74, 6) is 0.00863. The molecule has 0 bridgehead atoms. The number of alkyl halides is 1. The molecule has 1 saturated heterocycles. The van der Waals surface area contributed by atoms with Crippen LogP contribution >= 0.6 is 11.6 Å². The molecule has 1 amide bonds. The van der Waals surface area contributed by atoms with Gasteiger partial charge in [-0.1, -0.05) is 24.3 Å². The van der Waals surface area contributed by atoms with Crippen molar-refractivity contribution in [2.45, 2.75) is 18.2 Å². The Hall–Kier alpha value is -1.61. The summed E-state index contributed by atoms with van der Waals surface area (Å²) in [6, 6.07) is 11.6. The molecule has 0 saturated carbocycles. The number of pyridine rings is 1. The lowest BCUT2D eigenvalue weighted by Crippen LogP contribution is -2.39. The maximum Gasteiger partial charge on any atom is 0.272 e. The van der Waals surface area contributed by atoms with Crippen molar-refractivity contribution < 1.29 is 4.79 Å². The standard InChI is InChI=1S/C15H15ClN2O/c16-12-7-9-18(10-8-12)15(19)14-6-5-11-3-1-2-4-13(11)17-14/h1-6,12H,7-10H2.